The lowest BCUT2D eigenvalue weighted by Crippen LogP contribution is -2.12. The van der Waals surface area contributed by atoms with Crippen molar-refractivity contribution in [2.24, 2.45) is 0 Å². The highest BCUT2D eigenvalue weighted by molar-refractivity contribution is 6.15. The fraction of sp³-hybridized carbons (Fsp3) is 0.211. The number of benzene rings is 2. The summed E-state index contributed by atoms with van der Waals surface area (Å²) in [6.45, 7) is 7.79. The van der Waals surface area contributed by atoms with Gasteiger partial charge in [-0.2, -0.15) is 0 Å². The van der Waals surface area contributed by atoms with Crippen LogP contribution in [0.25, 0.3) is 10.9 Å². The van der Waals surface area contributed by atoms with Crippen LogP contribution in [0.15, 0.2) is 30.3 Å². The quantitative estimate of drug-likeness (QED) is 0.733. The highest BCUT2D eigenvalue weighted by Crippen LogP contribution is 2.28. The van der Waals surface area contributed by atoms with Gasteiger partial charge in [-0.15, -0.1) is 10.2 Å². The molecule has 23 heavy (non-hydrogen) atoms. The van der Waals surface area contributed by atoms with E-state index in [1.807, 2.05) is 58.0 Å². The van der Waals surface area contributed by atoms with E-state index in [4.69, 9.17) is 5.73 Å². The molecule has 0 unspecified atom stereocenters. The molecular formula is C19H19N3O. The zero-order valence-corrected chi connectivity index (χ0v) is 13.8. The first kappa shape index (κ1) is 15.2. The number of carbonyl (C=O) groups is 1. The number of hydrogen-bond acceptors (Lipinski definition) is 4. The summed E-state index contributed by atoms with van der Waals surface area (Å²) in [7, 11) is 0. The van der Waals surface area contributed by atoms with Gasteiger partial charge in [0.2, 0.25) is 5.78 Å². The first-order chi connectivity index (χ1) is 10.9. The van der Waals surface area contributed by atoms with Gasteiger partial charge in [0.05, 0.1) is 11.2 Å². The molecule has 0 atom stereocenters. The second kappa shape index (κ2) is 5.47. The van der Waals surface area contributed by atoms with Crippen molar-refractivity contribution in [2.75, 3.05) is 5.73 Å². The number of fused-ring (bicyclic) bond motifs is 1. The number of aromatic nitrogens is 2. The Hall–Kier alpha value is -2.75. The molecule has 4 heteroatoms. The molecule has 3 rings (SSSR count). The number of carbonyl (C=O) groups excluding carboxylic acids is 1. The maximum absolute atomic E-state index is 12.9. The Bertz CT molecular complexity index is 945. The van der Waals surface area contributed by atoms with Crippen molar-refractivity contribution in [3.05, 3.63) is 63.8 Å². The largest absolute Gasteiger partial charge is 0.396 e. The summed E-state index contributed by atoms with van der Waals surface area (Å²) in [6.07, 6.45) is 0. The summed E-state index contributed by atoms with van der Waals surface area (Å²) < 4.78 is 0. The summed E-state index contributed by atoms with van der Waals surface area (Å²) >= 11 is 0. The van der Waals surface area contributed by atoms with E-state index in [1.165, 1.54) is 0 Å². The van der Waals surface area contributed by atoms with Crippen molar-refractivity contribution in [3.8, 4) is 0 Å². The van der Waals surface area contributed by atoms with Crippen molar-refractivity contribution in [2.45, 2.75) is 27.7 Å². The Morgan fingerprint density at radius 1 is 0.913 bits per heavy atom. The van der Waals surface area contributed by atoms with Gasteiger partial charge in [0, 0.05) is 10.9 Å². The van der Waals surface area contributed by atoms with Crippen LogP contribution in [0, 0.1) is 27.7 Å². The van der Waals surface area contributed by atoms with Crippen LogP contribution in [0.5, 0.6) is 0 Å². The molecule has 4 nitrogen and oxygen atoms in total. The van der Waals surface area contributed by atoms with Crippen LogP contribution in [0.2, 0.25) is 0 Å². The van der Waals surface area contributed by atoms with Gasteiger partial charge in [0.25, 0.3) is 0 Å². The average Bonchev–Trinajstić information content (AvgIpc) is 2.52. The third-order valence-electron chi connectivity index (χ3n) is 4.22. The van der Waals surface area contributed by atoms with Crippen molar-refractivity contribution < 1.29 is 4.79 Å². The molecule has 116 valence electrons. The van der Waals surface area contributed by atoms with Gasteiger partial charge >= 0.3 is 0 Å². The normalized spacial score (nSPS) is 11.0. The zero-order valence-electron chi connectivity index (χ0n) is 13.8. The summed E-state index contributed by atoms with van der Waals surface area (Å²) in [5, 5.41) is 9.19. The molecule has 0 spiro atoms. The van der Waals surface area contributed by atoms with Gasteiger partial charge in [-0.3, -0.25) is 4.79 Å². The van der Waals surface area contributed by atoms with Crippen LogP contribution in [-0.4, -0.2) is 16.0 Å². The summed E-state index contributed by atoms with van der Waals surface area (Å²) in [5.74, 6) is -0.181. The smallest absolute Gasteiger partial charge is 0.215 e. The standard InChI is InChI=1S/C19H19N3O/c1-10-5-6-11(2)14(9-10)19(23)18-16(20)15-12(3)7-8-13(4)17(15)21-22-18/h5-9H,1-4H3,(H2,20,21). The minimum atomic E-state index is -0.181. The van der Waals surface area contributed by atoms with Gasteiger partial charge in [-0.05, 0) is 50.5 Å². The molecule has 3 aromatic rings. The van der Waals surface area contributed by atoms with E-state index in [0.717, 1.165) is 33.2 Å². The predicted molar refractivity (Wildman–Crippen MR) is 92.8 cm³/mol. The highest BCUT2D eigenvalue weighted by atomic mass is 16.1. The van der Waals surface area contributed by atoms with Gasteiger partial charge in [-0.25, -0.2) is 0 Å². The number of ketones is 1. The Morgan fingerprint density at radius 2 is 1.57 bits per heavy atom. The monoisotopic (exact) mass is 305 g/mol. The van der Waals surface area contributed by atoms with E-state index in [0.29, 0.717) is 11.3 Å². The van der Waals surface area contributed by atoms with Crippen LogP contribution in [0.4, 0.5) is 5.69 Å². The Kier molecular flexibility index (Phi) is 3.60. The fourth-order valence-electron chi connectivity index (χ4n) is 2.81. The molecule has 0 amide bonds. The van der Waals surface area contributed by atoms with E-state index in [9.17, 15) is 4.79 Å². The van der Waals surface area contributed by atoms with Gasteiger partial charge in [0.1, 0.15) is 0 Å². The molecule has 0 aliphatic carbocycles. The van der Waals surface area contributed by atoms with E-state index >= 15 is 0 Å². The van der Waals surface area contributed by atoms with Crippen molar-refractivity contribution >= 4 is 22.4 Å². The Morgan fingerprint density at radius 3 is 2.30 bits per heavy atom. The summed E-state index contributed by atoms with van der Waals surface area (Å²) in [6, 6.07) is 9.75. The number of nitrogen functional groups attached to an aromatic ring is 1. The lowest BCUT2D eigenvalue weighted by Gasteiger charge is -2.11. The van der Waals surface area contributed by atoms with Crippen LogP contribution in [0.1, 0.15) is 38.3 Å². The minimum Gasteiger partial charge on any atom is -0.396 e. The third-order valence-corrected chi connectivity index (χ3v) is 4.22. The SMILES string of the molecule is Cc1ccc(C)c(C(=O)c2nnc3c(C)ccc(C)c3c2N)c1. The number of rotatable bonds is 2. The summed E-state index contributed by atoms with van der Waals surface area (Å²) in [5.41, 5.74) is 12.2. The lowest BCUT2D eigenvalue weighted by atomic mass is 9.97. The van der Waals surface area contributed by atoms with E-state index in [1.54, 1.807) is 0 Å². The van der Waals surface area contributed by atoms with Crippen LogP contribution >= 0.6 is 0 Å². The fourth-order valence-corrected chi connectivity index (χ4v) is 2.81. The van der Waals surface area contributed by atoms with E-state index in [-0.39, 0.29) is 11.5 Å². The van der Waals surface area contributed by atoms with Gasteiger partial charge in [0.15, 0.2) is 5.69 Å². The Labute approximate surface area is 135 Å². The predicted octanol–water partition coefficient (Wildman–Crippen LogP) is 3.68. The molecule has 2 N–H and O–H groups in total. The van der Waals surface area contributed by atoms with E-state index in [2.05, 4.69) is 10.2 Å². The average molecular weight is 305 g/mol. The zero-order chi connectivity index (χ0) is 16.7. The molecule has 2 aromatic carbocycles. The molecule has 0 saturated heterocycles. The van der Waals surface area contributed by atoms with Crippen LogP contribution < -0.4 is 5.73 Å². The molecule has 0 aliphatic heterocycles. The third kappa shape index (κ3) is 2.46. The molecule has 1 aromatic heterocycles. The maximum atomic E-state index is 12.9. The van der Waals surface area contributed by atoms with E-state index < -0.39 is 0 Å². The molecular weight excluding hydrogens is 286 g/mol. The maximum Gasteiger partial charge on any atom is 0.215 e. The van der Waals surface area contributed by atoms with Crippen LogP contribution in [0.3, 0.4) is 0 Å². The number of nitrogens with two attached hydrogens (primary N) is 1. The van der Waals surface area contributed by atoms with Crippen molar-refractivity contribution in [3.63, 3.8) is 0 Å². The second-order valence-corrected chi connectivity index (χ2v) is 6.03. The molecule has 0 fully saturated rings. The summed E-state index contributed by atoms with van der Waals surface area (Å²) in [4.78, 5) is 12.9. The van der Waals surface area contributed by atoms with Crippen molar-refractivity contribution in [1.29, 1.82) is 0 Å². The Balaban J connectivity index is 2.25. The molecule has 0 radical (unpaired) electrons. The van der Waals surface area contributed by atoms with Crippen molar-refractivity contribution in [1.82, 2.24) is 10.2 Å². The number of hydrogen-bond donors (Lipinski definition) is 1. The van der Waals surface area contributed by atoms with Gasteiger partial charge < -0.3 is 5.73 Å². The first-order valence-corrected chi connectivity index (χ1v) is 7.54. The molecule has 0 bridgehead atoms. The number of nitrogens with zero attached hydrogens (tertiary/aromatic N) is 2. The number of anilines is 1. The molecule has 1 heterocycles. The second-order valence-electron chi connectivity index (χ2n) is 6.03. The topological polar surface area (TPSA) is 68.9 Å². The van der Waals surface area contributed by atoms with Gasteiger partial charge in [-0.1, -0.05) is 29.8 Å². The molecule has 0 saturated carbocycles. The van der Waals surface area contributed by atoms with Crippen LogP contribution in [-0.2, 0) is 0 Å². The minimum absolute atomic E-state index is 0.181. The lowest BCUT2D eigenvalue weighted by molar-refractivity contribution is 0.103. The number of aryl methyl sites for hydroxylation is 4. The first-order valence-electron chi connectivity index (χ1n) is 7.54. The highest BCUT2D eigenvalue weighted by Gasteiger charge is 2.20. The molecule has 0 aliphatic rings.